The van der Waals surface area contributed by atoms with Crippen molar-refractivity contribution >= 4 is 0 Å². The van der Waals surface area contributed by atoms with Crippen molar-refractivity contribution in [2.45, 2.75) is 32.5 Å². The van der Waals surface area contributed by atoms with Crippen LogP contribution in [0, 0.1) is 6.92 Å². The van der Waals surface area contributed by atoms with Crippen molar-refractivity contribution in [3.05, 3.63) is 35.4 Å². The number of hydrogen-bond donors (Lipinski definition) is 2. The summed E-state index contributed by atoms with van der Waals surface area (Å²) < 4.78 is 0. The Morgan fingerprint density at radius 2 is 1.69 bits per heavy atom. The highest BCUT2D eigenvalue weighted by Gasteiger charge is 2.15. The van der Waals surface area contributed by atoms with Gasteiger partial charge in [-0.2, -0.15) is 0 Å². The first-order valence-electron chi connectivity index (χ1n) is 4.58. The summed E-state index contributed by atoms with van der Waals surface area (Å²) in [5.41, 5.74) is 1.93. The van der Waals surface area contributed by atoms with E-state index in [1.807, 2.05) is 38.1 Å². The molecule has 0 aromatic heterocycles. The van der Waals surface area contributed by atoms with Crippen LogP contribution in [0.1, 0.15) is 30.6 Å². The van der Waals surface area contributed by atoms with Gasteiger partial charge >= 0.3 is 0 Å². The van der Waals surface area contributed by atoms with Gasteiger partial charge in [0.1, 0.15) is 6.10 Å². The van der Waals surface area contributed by atoms with E-state index in [9.17, 15) is 10.2 Å². The molecule has 2 nitrogen and oxygen atoms in total. The molecule has 0 saturated carbocycles. The molecule has 0 spiro atoms. The second-order valence-corrected chi connectivity index (χ2v) is 3.33. The SMILES string of the molecule is CCC(O)C(O)c1ccc(C)cc1. The lowest BCUT2D eigenvalue weighted by molar-refractivity contribution is 0.0165. The minimum atomic E-state index is -0.759. The Bertz CT molecular complexity index is 253. The van der Waals surface area contributed by atoms with E-state index < -0.39 is 12.2 Å². The first-order valence-corrected chi connectivity index (χ1v) is 4.58. The fourth-order valence-corrected chi connectivity index (χ4v) is 1.21. The molecule has 0 radical (unpaired) electrons. The van der Waals surface area contributed by atoms with Crippen LogP contribution in [0.15, 0.2) is 24.3 Å². The van der Waals surface area contributed by atoms with Crippen molar-refractivity contribution in [2.75, 3.05) is 0 Å². The van der Waals surface area contributed by atoms with Gasteiger partial charge in [0.25, 0.3) is 0 Å². The van der Waals surface area contributed by atoms with Gasteiger partial charge in [-0.05, 0) is 18.9 Å². The summed E-state index contributed by atoms with van der Waals surface area (Å²) >= 11 is 0. The molecule has 1 rings (SSSR count). The van der Waals surface area contributed by atoms with E-state index in [2.05, 4.69) is 0 Å². The van der Waals surface area contributed by atoms with Gasteiger partial charge in [-0.3, -0.25) is 0 Å². The largest absolute Gasteiger partial charge is 0.390 e. The van der Waals surface area contributed by atoms with Gasteiger partial charge in [0.05, 0.1) is 6.10 Å². The molecule has 1 aromatic carbocycles. The van der Waals surface area contributed by atoms with Crippen LogP contribution in [0.4, 0.5) is 0 Å². The van der Waals surface area contributed by atoms with Crippen molar-refractivity contribution in [1.82, 2.24) is 0 Å². The molecule has 72 valence electrons. The van der Waals surface area contributed by atoms with E-state index in [4.69, 9.17) is 0 Å². The normalized spacial score (nSPS) is 15.4. The molecule has 13 heavy (non-hydrogen) atoms. The molecule has 0 aliphatic carbocycles. The molecule has 0 bridgehead atoms. The van der Waals surface area contributed by atoms with Crippen molar-refractivity contribution < 1.29 is 10.2 Å². The fourth-order valence-electron chi connectivity index (χ4n) is 1.21. The van der Waals surface area contributed by atoms with Gasteiger partial charge in [0, 0.05) is 0 Å². The van der Waals surface area contributed by atoms with Crippen molar-refractivity contribution in [2.24, 2.45) is 0 Å². The van der Waals surface area contributed by atoms with Crippen LogP contribution in [0.5, 0.6) is 0 Å². The highest BCUT2D eigenvalue weighted by molar-refractivity contribution is 5.23. The zero-order valence-corrected chi connectivity index (χ0v) is 8.07. The van der Waals surface area contributed by atoms with Crippen LogP contribution in [-0.4, -0.2) is 16.3 Å². The second-order valence-electron chi connectivity index (χ2n) is 3.33. The number of hydrogen-bond acceptors (Lipinski definition) is 2. The lowest BCUT2D eigenvalue weighted by Gasteiger charge is -2.16. The lowest BCUT2D eigenvalue weighted by atomic mass is 10.0. The third kappa shape index (κ3) is 2.54. The number of aliphatic hydroxyl groups is 2. The average molecular weight is 180 g/mol. The van der Waals surface area contributed by atoms with Gasteiger partial charge in [-0.15, -0.1) is 0 Å². The third-order valence-electron chi connectivity index (χ3n) is 2.20. The van der Waals surface area contributed by atoms with Gasteiger partial charge in [0.15, 0.2) is 0 Å². The predicted octanol–water partition coefficient (Wildman–Crippen LogP) is 1.80. The minimum Gasteiger partial charge on any atom is -0.390 e. The average Bonchev–Trinajstić information content (AvgIpc) is 2.17. The summed E-state index contributed by atoms with van der Waals surface area (Å²) in [4.78, 5) is 0. The molecule has 0 aliphatic heterocycles. The zero-order valence-electron chi connectivity index (χ0n) is 8.07. The maximum absolute atomic E-state index is 9.63. The Morgan fingerprint density at radius 3 is 2.15 bits per heavy atom. The quantitative estimate of drug-likeness (QED) is 0.744. The molecule has 0 aliphatic rings. The summed E-state index contributed by atoms with van der Waals surface area (Å²) in [6, 6.07) is 7.56. The highest BCUT2D eigenvalue weighted by Crippen LogP contribution is 2.18. The number of aliphatic hydroxyl groups excluding tert-OH is 2. The first kappa shape index (κ1) is 10.2. The molecule has 2 unspecified atom stereocenters. The molecular formula is C11H16O2. The molecule has 0 fully saturated rings. The van der Waals surface area contributed by atoms with Gasteiger partial charge < -0.3 is 10.2 Å². The molecule has 2 heteroatoms. The highest BCUT2D eigenvalue weighted by atomic mass is 16.3. The molecule has 1 aromatic rings. The van der Waals surface area contributed by atoms with Gasteiger partial charge in [-0.25, -0.2) is 0 Å². The number of rotatable bonds is 3. The maximum Gasteiger partial charge on any atom is 0.105 e. The van der Waals surface area contributed by atoms with Crippen molar-refractivity contribution in [3.63, 3.8) is 0 Å². The minimum absolute atomic E-state index is 0.565. The van der Waals surface area contributed by atoms with E-state index in [1.54, 1.807) is 0 Å². The van der Waals surface area contributed by atoms with Crippen LogP contribution in [0.3, 0.4) is 0 Å². The van der Waals surface area contributed by atoms with Gasteiger partial charge in [0.2, 0.25) is 0 Å². The molecular weight excluding hydrogens is 164 g/mol. The Kier molecular flexibility index (Phi) is 3.46. The van der Waals surface area contributed by atoms with Crippen molar-refractivity contribution in [3.8, 4) is 0 Å². The van der Waals surface area contributed by atoms with Crippen LogP contribution in [0.25, 0.3) is 0 Å². The lowest BCUT2D eigenvalue weighted by Crippen LogP contribution is -2.16. The van der Waals surface area contributed by atoms with E-state index in [0.717, 1.165) is 11.1 Å². The summed E-state index contributed by atoms with van der Waals surface area (Å²) in [5, 5.41) is 19.0. The van der Waals surface area contributed by atoms with Crippen molar-refractivity contribution in [1.29, 1.82) is 0 Å². The Balaban J connectivity index is 2.77. The summed E-state index contributed by atoms with van der Waals surface area (Å²) in [7, 11) is 0. The van der Waals surface area contributed by atoms with Crippen LogP contribution >= 0.6 is 0 Å². The summed E-state index contributed by atoms with van der Waals surface area (Å²) in [5.74, 6) is 0. The van der Waals surface area contributed by atoms with Crippen LogP contribution in [0.2, 0.25) is 0 Å². The Hall–Kier alpha value is -0.860. The maximum atomic E-state index is 9.63. The zero-order chi connectivity index (χ0) is 9.84. The van der Waals surface area contributed by atoms with Crippen LogP contribution in [-0.2, 0) is 0 Å². The van der Waals surface area contributed by atoms with E-state index in [0.29, 0.717) is 6.42 Å². The fraction of sp³-hybridized carbons (Fsp3) is 0.455. The predicted molar refractivity (Wildman–Crippen MR) is 52.4 cm³/mol. The number of aryl methyl sites for hydroxylation is 1. The van der Waals surface area contributed by atoms with E-state index >= 15 is 0 Å². The smallest absolute Gasteiger partial charge is 0.105 e. The summed E-state index contributed by atoms with van der Waals surface area (Å²) in [6.07, 6.45) is -0.858. The number of benzene rings is 1. The Labute approximate surface area is 78.8 Å². The molecule has 2 N–H and O–H groups in total. The Morgan fingerprint density at radius 1 is 1.15 bits per heavy atom. The first-order chi connectivity index (χ1) is 6.15. The molecule has 0 heterocycles. The molecule has 2 atom stereocenters. The molecule has 0 amide bonds. The van der Waals surface area contributed by atoms with Crippen LogP contribution < -0.4 is 0 Å². The van der Waals surface area contributed by atoms with E-state index in [1.165, 1.54) is 0 Å². The molecule has 0 saturated heterocycles. The summed E-state index contributed by atoms with van der Waals surface area (Å²) in [6.45, 7) is 3.84. The monoisotopic (exact) mass is 180 g/mol. The standard InChI is InChI=1S/C11H16O2/c1-3-10(12)11(13)9-6-4-8(2)5-7-9/h4-7,10-13H,3H2,1-2H3. The second kappa shape index (κ2) is 4.40. The third-order valence-corrected chi connectivity index (χ3v) is 2.20. The van der Waals surface area contributed by atoms with E-state index in [-0.39, 0.29) is 0 Å². The topological polar surface area (TPSA) is 40.5 Å². The van der Waals surface area contributed by atoms with Gasteiger partial charge in [-0.1, -0.05) is 36.8 Å².